The van der Waals surface area contributed by atoms with Crippen molar-refractivity contribution in [2.24, 2.45) is 11.7 Å². The van der Waals surface area contributed by atoms with Gasteiger partial charge in [-0.3, -0.25) is 0 Å². The standard InChI is InChI=1S/C9H21NO2/c1-4-7(2)9(3,12)5-8(11)6-10/h7-8,11-12H,4-6,10H2,1-3H3. The predicted molar refractivity (Wildman–Crippen MR) is 49.8 cm³/mol. The van der Waals surface area contributed by atoms with Crippen LogP contribution >= 0.6 is 0 Å². The molecule has 0 amide bonds. The molecule has 3 heteroatoms. The highest BCUT2D eigenvalue weighted by Gasteiger charge is 2.29. The van der Waals surface area contributed by atoms with Gasteiger partial charge in [0, 0.05) is 13.0 Å². The van der Waals surface area contributed by atoms with Gasteiger partial charge in [-0.25, -0.2) is 0 Å². The Bertz CT molecular complexity index is 126. The molecule has 0 aliphatic heterocycles. The molecule has 0 aromatic carbocycles. The fourth-order valence-electron chi connectivity index (χ4n) is 1.20. The first-order valence-electron chi connectivity index (χ1n) is 4.54. The second-order valence-corrected chi connectivity index (χ2v) is 3.76. The lowest BCUT2D eigenvalue weighted by Gasteiger charge is -2.31. The van der Waals surface area contributed by atoms with Crippen molar-refractivity contribution in [2.45, 2.75) is 45.3 Å². The van der Waals surface area contributed by atoms with Crippen molar-refractivity contribution < 1.29 is 10.2 Å². The van der Waals surface area contributed by atoms with Gasteiger partial charge >= 0.3 is 0 Å². The van der Waals surface area contributed by atoms with Gasteiger partial charge in [-0.05, 0) is 12.8 Å². The zero-order chi connectivity index (χ0) is 9.78. The third-order valence-electron chi connectivity index (χ3n) is 2.59. The van der Waals surface area contributed by atoms with Gasteiger partial charge < -0.3 is 15.9 Å². The van der Waals surface area contributed by atoms with Crippen LogP contribution in [0, 0.1) is 5.92 Å². The molecular formula is C9H21NO2. The Morgan fingerprint density at radius 1 is 1.50 bits per heavy atom. The van der Waals surface area contributed by atoms with Crippen molar-refractivity contribution >= 4 is 0 Å². The van der Waals surface area contributed by atoms with Crippen molar-refractivity contribution in [1.82, 2.24) is 0 Å². The van der Waals surface area contributed by atoms with Crippen molar-refractivity contribution in [1.29, 1.82) is 0 Å². The number of aliphatic hydroxyl groups excluding tert-OH is 1. The molecule has 0 bridgehead atoms. The van der Waals surface area contributed by atoms with E-state index in [-0.39, 0.29) is 12.5 Å². The number of hydrogen-bond donors (Lipinski definition) is 3. The summed E-state index contributed by atoms with van der Waals surface area (Å²) in [6.07, 6.45) is 0.678. The summed E-state index contributed by atoms with van der Waals surface area (Å²) in [6, 6.07) is 0. The van der Waals surface area contributed by atoms with E-state index >= 15 is 0 Å². The van der Waals surface area contributed by atoms with E-state index in [1.807, 2.05) is 13.8 Å². The molecule has 3 nitrogen and oxygen atoms in total. The van der Waals surface area contributed by atoms with E-state index in [1.54, 1.807) is 6.92 Å². The van der Waals surface area contributed by atoms with E-state index in [4.69, 9.17) is 5.73 Å². The van der Waals surface area contributed by atoms with Crippen LogP contribution in [0.5, 0.6) is 0 Å². The van der Waals surface area contributed by atoms with Crippen LogP contribution in [0.2, 0.25) is 0 Å². The summed E-state index contributed by atoms with van der Waals surface area (Å²) in [5.41, 5.74) is 4.46. The summed E-state index contributed by atoms with van der Waals surface area (Å²) >= 11 is 0. The van der Waals surface area contributed by atoms with Crippen molar-refractivity contribution in [2.75, 3.05) is 6.54 Å². The molecule has 4 N–H and O–H groups in total. The SMILES string of the molecule is CCC(C)C(C)(O)CC(O)CN. The molecule has 3 atom stereocenters. The largest absolute Gasteiger partial charge is 0.392 e. The number of nitrogens with two attached hydrogens (primary N) is 1. The maximum Gasteiger partial charge on any atom is 0.0689 e. The number of rotatable bonds is 5. The van der Waals surface area contributed by atoms with Gasteiger partial charge in [0.05, 0.1) is 11.7 Å². The molecular weight excluding hydrogens is 154 g/mol. The van der Waals surface area contributed by atoms with Gasteiger partial charge in [-0.2, -0.15) is 0 Å². The van der Waals surface area contributed by atoms with E-state index < -0.39 is 11.7 Å². The molecule has 0 spiro atoms. The normalized spacial score (nSPS) is 21.5. The number of hydrogen-bond acceptors (Lipinski definition) is 3. The van der Waals surface area contributed by atoms with E-state index in [0.717, 1.165) is 6.42 Å². The fourth-order valence-corrected chi connectivity index (χ4v) is 1.20. The van der Waals surface area contributed by atoms with Crippen LogP contribution in [-0.4, -0.2) is 28.5 Å². The summed E-state index contributed by atoms with van der Waals surface area (Å²) in [5, 5.41) is 19.1. The molecule has 0 fully saturated rings. The van der Waals surface area contributed by atoms with E-state index in [9.17, 15) is 10.2 Å². The lowest BCUT2D eigenvalue weighted by molar-refractivity contribution is -0.0352. The first-order valence-corrected chi connectivity index (χ1v) is 4.54. The van der Waals surface area contributed by atoms with Crippen LogP contribution in [0.1, 0.15) is 33.6 Å². The average molecular weight is 175 g/mol. The van der Waals surface area contributed by atoms with E-state index in [0.29, 0.717) is 6.42 Å². The molecule has 74 valence electrons. The molecule has 0 radical (unpaired) electrons. The van der Waals surface area contributed by atoms with Crippen molar-refractivity contribution in [3.8, 4) is 0 Å². The molecule has 0 aliphatic carbocycles. The van der Waals surface area contributed by atoms with Crippen LogP contribution < -0.4 is 5.73 Å². The molecule has 0 rings (SSSR count). The zero-order valence-electron chi connectivity index (χ0n) is 8.25. The molecule has 12 heavy (non-hydrogen) atoms. The first-order chi connectivity index (χ1) is 5.44. The Kier molecular flexibility index (Phi) is 4.75. The molecule has 3 unspecified atom stereocenters. The highest BCUT2D eigenvalue weighted by Crippen LogP contribution is 2.24. The Balaban J connectivity index is 4.02. The lowest BCUT2D eigenvalue weighted by atomic mass is 9.84. The lowest BCUT2D eigenvalue weighted by Crippen LogP contribution is -2.38. The molecule has 0 saturated heterocycles. The average Bonchev–Trinajstić information content (AvgIpc) is 2.02. The molecule has 0 saturated carbocycles. The van der Waals surface area contributed by atoms with E-state index in [2.05, 4.69) is 0 Å². The molecule has 0 aromatic heterocycles. The summed E-state index contributed by atoms with van der Waals surface area (Å²) < 4.78 is 0. The maximum absolute atomic E-state index is 9.87. The van der Waals surface area contributed by atoms with Crippen LogP contribution in [0.4, 0.5) is 0 Å². The summed E-state index contributed by atoms with van der Waals surface area (Å²) in [5.74, 6) is 0.193. The Hall–Kier alpha value is -0.120. The van der Waals surface area contributed by atoms with Gasteiger partial charge in [0.25, 0.3) is 0 Å². The Morgan fingerprint density at radius 3 is 2.33 bits per heavy atom. The maximum atomic E-state index is 9.87. The number of aliphatic hydroxyl groups is 2. The van der Waals surface area contributed by atoms with Gasteiger partial charge in [-0.1, -0.05) is 20.3 Å². The predicted octanol–water partition coefficient (Wildman–Crippen LogP) is 0.493. The highest BCUT2D eigenvalue weighted by atomic mass is 16.3. The van der Waals surface area contributed by atoms with Crippen molar-refractivity contribution in [3.63, 3.8) is 0 Å². The van der Waals surface area contributed by atoms with Crippen LogP contribution in [0.15, 0.2) is 0 Å². The molecule has 0 heterocycles. The van der Waals surface area contributed by atoms with Crippen LogP contribution in [0.25, 0.3) is 0 Å². The Labute approximate surface area is 74.6 Å². The third-order valence-corrected chi connectivity index (χ3v) is 2.59. The first kappa shape index (κ1) is 11.9. The third kappa shape index (κ3) is 3.52. The van der Waals surface area contributed by atoms with E-state index in [1.165, 1.54) is 0 Å². The smallest absolute Gasteiger partial charge is 0.0689 e. The monoisotopic (exact) mass is 175 g/mol. The van der Waals surface area contributed by atoms with Gasteiger partial charge in [0.2, 0.25) is 0 Å². The minimum Gasteiger partial charge on any atom is -0.392 e. The molecule has 0 aromatic rings. The quantitative estimate of drug-likeness (QED) is 0.570. The summed E-state index contributed by atoms with van der Waals surface area (Å²) in [7, 11) is 0. The van der Waals surface area contributed by atoms with Gasteiger partial charge in [-0.15, -0.1) is 0 Å². The minimum atomic E-state index is -0.798. The fraction of sp³-hybridized carbons (Fsp3) is 1.00. The second kappa shape index (κ2) is 4.80. The zero-order valence-corrected chi connectivity index (χ0v) is 8.25. The summed E-state index contributed by atoms with van der Waals surface area (Å²) in [4.78, 5) is 0. The van der Waals surface area contributed by atoms with Crippen molar-refractivity contribution in [3.05, 3.63) is 0 Å². The highest BCUT2D eigenvalue weighted by molar-refractivity contribution is 4.81. The van der Waals surface area contributed by atoms with Gasteiger partial charge in [0.15, 0.2) is 0 Å². The van der Waals surface area contributed by atoms with Crippen LogP contribution in [-0.2, 0) is 0 Å². The Morgan fingerprint density at radius 2 is 2.00 bits per heavy atom. The van der Waals surface area contributed by atoms with Crippen LogP contribution in [0.3, 0.4) is 0 Å². The second-order valence-electron chi connectivity index (χ2n) is 3.76. The molecule has 0 aliphatic rings. The topological polar surface area (TPSA) is 66.5 Å². The minimum absolute atomic E-state index is 0.193. The van der Waals surface area contributed by atoms with Gasteiger partial charge in [0.1, 0.15) is 0 Å². The summed E-state index contributed by atoms with van der Waals surface area (Å²) in [6.45, 7) is 5.96.